The monoisotopic (exact) mass is 370 g/mol. The molecule has 0 unspecified atom stereocenters. The smallest absolute Gasteiger partial charge is 0.176 e. The molecule has 0 saturated carbocycles. The largest absolute Gasteiger partial charge is 0.496 e. The fourth-order valence-corrected chi connectivity index (χ4v) is 3.24. The molecule has 2 aromatic rings. The molecule has 0 saturated heterocycles. The van der Waals surface area contributed by atoms with Gasteiger partial charge in [-0.2, -0.15) is 0 Å². The molecule has 2 nitrogen and oxygen atoms in total. The highest BCUT2D eigenvalue weighted by atomic mass is 79.9. The van der Waals surface area contributed by atoms with Crippen LogP contribution in [0.1, 0.15) is 10.4 Å². The van der Waals surface area contributed by atoms with Crippen LogP contribution in [0.15, 0.2) is 51.8 Å². The average molecular weight is 372 g/mol. The van der Waals surface area contributed by atoms with E-state index in [1.54, 1.807) is 25.3 Å². The van der Waals surface area contributed by atoms with Gasteiger partial charge in [0.05, 0.1) is 18.4 Å². The molecule has 0 aliphatic carbocycles. The number of rotatable bonds is 5. The lowest BCUT2D eigenvalue weighted by Gasteiger charge is -2.08. The van der Waals surface area contributed by atoms with Gasteiger partial charge >= 0.3 is 0 Å². The maximum absolute atomic E-state index is 12.3. The zero-order chi connectivity index (χ0) is 14.5. The van der Waals surface area contributed by atoms with Crippen LogP contribution in [0.25, 0.3) is 0 Å². The maximum atomic E-state index is 12.3. The van der Waals surface area contributed by atoms with E-state index in [0.717, 1.165) is 9.37 Å². The zero-order valence-corrected chi connectivity index (χ0v) is 13.9. The van der Waals surface area contributed by atoms with Crippen molar-refractivity contribution < 1.29 is 9.53 Å². The van der Waals surface area contributed by atoms with Crippen molar-refractivity contribution in [1.29, 1.82) is 0 Å². The third-order valence-corrected chi connectivity index (χ3v) is 4.35. The second-order valence-corrected chi connectivity index (χ2v) is 6.41. The van der Waals surface area contributed by atoms with Gasteiger partial charge < -0.3 is 4.74 Å². The van der Waals surface area contributed by atoms with Crippen LogP contribution in [-0.4, -0.2) is 18.6 Å². The number of carbonyl (C=O) groups excluding carboxylic acids is 1. The number of halogens is 2. The van der Waals surface area contributed by atoms with Crippen molar-refractivity contribution >= 4 is 45.1 Å². The van der Waals surface area contributed by atoms with Crippen LogP contribution >= 0.6 is 39.3 Å². The first-order valence-corrected chi connectivity index (χ1v) is 8.01. The second kappa shape index (κ2) is 7.16. The first-order chi connectivity index (χ1) is 9.60. The Morgan fingerprint density at radius 3 is 2.80 bits per heavy atom. The van der Waals surface area contributed by atoms with E-state index in [9.17, 15) is 4.79 Å². The van der Waals surface area contributed by atoms with Crippen LogP contribution in [0.4, 0.5) is 0 Å². The highest BCUT2D eigenvalue weighted by Crippen LogP contribution is 2.27. The number of Topliss-reactive ketones (excluding diaryl/α,β-unsaturated/α-hetero) is 1. The molecular weight excluding hydrogens is 360 g/mol. The molecule has 0 fully saturated rings. The fourth-order valence-electron chi connectivity index (χ4n) is 1.68. The molecule has 2 rings (SSSR count). The number of hydrogen-bond acceptors (Lipinski definition) is 3. The molecule has 0 aliphatic rings. The van der Waals surface area contributed by atoms with E-state index in [1.165, 1.54) is 11.8 Å². The summed E-state index contributed by atoms with van der Waals surface area (Å²) < 4.78 is 6.19. The number of ether oxygens (including phenoxy) is 1. The molecule has 0 amide bonds. The lowest BCUT2D eigenvalue weighted by molar-refractivity contribution is 0.101. The molecule has 20 heavy (non-hydrogen) atoms. The van der Waals surface area contributed by atoms with Crippen LogP contribution in [0.5, 0.6) is 5.75 Å². The summed E-state index contributed by atoms with van der Waals surface area (Å²) in [6.07, 6.45) is 0. The average Bonchev–Trinajstić information content (AvgIpc) is 2.45. The number of hydrogen-bond donors (Lipinski definition) is 0. The Morgan fingerprint density at radius 1 is 1.30 bits per heavy atom. The van der Waals surface area contributed by atoms with Gasteiger partial charge in [-0.3, -0.25) is 4.79 Å². The van der Waals surface area contributed by atoms with Crippen molar-refractivity contribution in [3.05, 3.63) is 57.5 Å². The quantitative estimate of drug-likeness (QED) is 0.541. The summed E-state index contributed by atoms with van der Waals surface area (Å²) in [4.78, 5) is 13.3. The van der Waals surface area contributed by atoms with E-state index < -0.39 is 0 Å². The summed E-state index contributed by atoms with van der Waals surface area (Å²) in [5.41, 5.74) is 0.516. The Kier molecular flexibility index (Phi) is 5.52. The maximum Gasteiger partial charge on any atom is 0.176 e. The molecule has 0 atom stereocenters. The van der Waals surface area contributed by atoms with Gasteiger partial charge in [-0.05, 0) is 36.4 Å². The van der Waals surface area contributed by atoms with Crippen molar-refractivity contribution in [2.75, 3.05) is 12.9 Å². The van der Waals surface area contributed by atoms with E-state index in [2.05, 4.69) is 15.9 Å². The van der Waals surface area contributed by atoms with Crippen LogP contribution in [-0.2, 0) is 0 Å². The molecule has 5 heteroatoms. The summed E-state index contributed by atoms with van der Waals surface area (Å²) in [7, 11) is 1.54. The van der Waals surface area contributed by atoms with Gasteiger partial charge in [0, 0.05) is 14.4 Å². The van der Waals surface area contributed by atoms with E-state index >= 15 is 0 Å². The van der Waals surface area contributed by atoms with Crippen LogP contribution < -0.4 is 4.74 Å². The lowest BCUT2D eigenvalue weighted by Crippen LogP contribution is -2.05. The van der Waals surface area contributed by atoms with Gasteiger partial charge in [-0.25, -0.2) is 0 Å². The molecular formula is C15H12BrClO2S. The standard InChI is InChI=1S/C15H12BrClO2S/c1-19-15-6-5-11(17)8-13(15)14(18)9-20-12-4-2-3-10(16)7-12/h2-8H,9H2,1H3. The topological polar surface area (TPSA) is 26.3 Å². The number of methoxy groups -OCH3 is 1. The number of ketones is 1. The number of benzene rings is 2. The minimum absolute atomic E-state index is 0.00525. The fraction of sp³-hybridized carbons (Fsp3) is 0.133. The molecule has 0 aromatic heterocycles. The predicted octanol–water partition coefficient (Wildman–Crippen LogP) is 5.09. The summed E-state index contributed by atoms with van der Waals surface area (Å²) in [5.74, 6) is 0.885. The summed E-state index contributed by atoms with van der Waals surface area (Å²) in [6.45, 7) is 0. The van der Waals surface area contributed by atoms with Gasteiger partial charge in [0.25, 0.3) is 0 Å². The highest BCUT2D eigenvalue weighted by Gasteiger charge is 2.13. The van der Waals surface area contributed by atoms with Crippen LogP contribution in [0.2, 0.25) is 5.02 Å². The van der Waals surface area contributed by atoms with Crippen molar-refractivity contribution in [3.63, 3.8) is 0 Å². The van der Waals surface area contributed by atoms with Gasteiger partial charge in [0.2, 0.25) is 0 Å². The van der Waals surface area contributed by atoms with Crippen LogP contribution in [0, 0.1) is 0 Å². The van der Waals surface area contributed by atoms with Gasteiger partial charge in [-0.15, -0.1) is 11.8 Å². The minimum Gasteiger partial charge on any atom is -0.496 e. The molecule has 0 bridgehead atoms. The SMILES string of the molecule is COc1ccc(Cl)cc1C(=O)CSc1cccc(Br)c1. The van der Waals surface area contributed by atoms with Gasteiger partial charge in [0.15, 0.2) is 5.78 Å². The molecule has 0 N–H and O–H groups in total. The molecule has 104 valence electrons. The van der Waals surface area contributed by atoms with Crippen molar-refractivity contribution in [2.24, 2.45) is 0 Å². The first-order valence-electron chi connectivity index (χ1n) is 5.85. The van der Waals surface area contributed by atoms with Crippen molar-refractivity contribution in [1.82, 2.24) is 0 Å². The Hall–Kier alpha value is -0.970. The number of carbonyl (C=O) groups is 1. The van der Waals surface area contributed by atoms with E-state index in [-0.39, 0.29) is 5.78 Å². The van der Waals surface area contributed by atoms with Gasteiger partial charge in [0.1, 0.15) is 5.75 Å². The normalized spacial score (nSPS) is 10.3. The second-order valence-electron chi connectivity index (χ2n) is 4.01. The molecule has 0 aliphatic heterocycles. The Labute approximate surface area is 135 Å². The molecule has 0 radical (unpaired) electrons. The third-order valence-electron chi connectivity index (χ3n) is 2.63. The molecule has 2 aromatic carbocycles. The third kappa shape index (κ3) is 4.01. The number of thioether (sulfide) groups is 1. The van der Waals surface area contributed by atoms with E-state index in [4.69, 9.17) is 16.3 Å². The van der Waals surface area contributed by atoms with Crippen molar-refractivity contribution in [2.45, 2.75) is 4.90 Å². The van der Waals surface area contributed by atoms with E-state index in [1.807, 2.05) is 24.3 Å². The predicted molar refractivity (Wildman–Crippen MR) is 87.2 cm³/mol. The minimum atomic E-state index is -0.00525. The summed E-state index contributed by atoms with van der Waals surface area (Å²) in [6, 6.07) is 12.9. The molecule has 0 spiro atoms. The van der Waals surface area contributed by atoms with E-state index in [0.29, 0.717) is 22.1 Å². The molecule has 0 heterocycles. The van der Waals surface area contributed by atoms with Crippen molar-refractivity contribution in [3.8, 4) is 5.75 Å². The Bertz CT molecular complexity index is 631. The Morgan fingerprint density at radius 2 is 2.10 bits per heavy atom. The summed E-state index contributed by atoms with van der Waals surface area (Å²) in [5, 5.41) is 0.529. The highest BCUT2D eigenvalue weighted by molar-refractivity contribution is 9.10. The summed E-state index contributed by atoms with van der Waals surface area (Å²) >= 11 is 10.8. The zero-order valence-electron chi connectivity index (χ0n) is 10.7. The Balaban J connectivity index is 2.10. The lowest BCUT2D eigenvalue weighted by atomic mass is 10.1. The first kappa shape index (κ1) is 15.4. The van der Waals surface area contributed by atoms with Crippen LogP contribution in [0.3, 0.4) is 0 Å². The van der Waals surface area contributed by atoms with Gasteiger partial charge in [-0.1, -0.05) is 33.6 Å².